The molecule has 0 radical (unpaired) electrons. The van der Waals surface area contributed by atoms with Gasteiger partial charge in [0.1, 0.15) is 0 Å². The molecule has 0 N–H and O–H groups in total. The molecule has 11 fully saturated rings. The first-order valence-electron chi connectivity index (χ1n) is 31.3. The van der Waals surface area contributed by atoms with Gasteiger partial charge in [-0.1, -0.05) is 205 Å². The molecule has 0 saturated heterocycles. The summed E-state index contributed by atoms with van der Waals surface area (Å²) in [5, 5.41) is 0. The van der Waals surface area contributed by atoms with Gasteiger partial charge in [-0.25, -0.2) is 0 Å². The summed E-state index contributed by atoms with van der Waals surface area (Å²) in [5.41, 5.74) is 0. The summed E-state index contributed by atoms with van der Waals surface area (Å²) >= 11 is 0. The molecule has 0 spiro atoms. The molecule has 0 amide bonds. The molecule has 2 heteroatoms. The van der Waals surface area contributed by atoms with Crippen molar-refractivity contribution in [2.45, 2.75) is 319 Å². The predicted octanol–water partition coefficient (Wildman–Crippen LogP) is 17.5. The van der Waals surface area contributed by atoms with Crippen molar-refractivity contribution >= 4 is 0 Å². The van der Waals surface area contributed by atoms with Crippen LogP contribution in [-0.2, 0) is 0 Å². The Labute approximate surface area is 397 Å². The van der Waals surface area contributed by atoms with Gasteiger partial charge < -0.3 is 0 Å². The van der Waals surface area contributed by atoms with Crippen molar-refractivity contribution in [3.8, 4) is 0 Å². The molecule has 11 aliphatic carbocycles. The Hall–Kier alpha value is -0.0800. The maximum atomic E-state index is 3.65. The van der Waals surface area contributed by atoms with Crippen LogP contribution < -0.4 is 0 Å². The molecule has 364 valence electrons. The molecule has 8 unspecified atom stereocenters. The van der Waals surface area contributed by atoms with Gasteiger partial charge in [0.2, 0.25) is 0 Å². The van der Waals surface area contributed by atoms with E-state index in [0.29, 0.717) is 0 Å². The van der Waals surface area contributed by atoms with Crippen LogP contribution in [0.3, 0.4) is 0 Å². The van der Waals surface area contributed by atoms with Gasteiger partial charge >= 0.3 is 0 Å². The van der Waals surface area contributed by atoms with E-state index in [0.717, 1.165) is 107 Å². The number of nitrogens with zero attached hydrogens (tertiary/aromatic N) is 2. The molecule has 0 aliphatic heterocycles. The summed E-state index contributed by atoms with van der Waals surface area (Å²) in [6.45, 7) is 0. The first kappa shape index (κ1) is 46.3. The molecule has 11 rings (SSSR count). The van der Waals surface area contributed by atoms with Gasteiger partial charge in [-0.05, 0) is 148 Å². The summed E-state index contributed by atoms with van der Waals surface area (Å²) in [6, 6.07) is 5.44. The van der Waals surface area contributed by atoms with E-state index >= 15 is 0 Å². The highest BCUT2D eigenvalue weighted by atomic mass is 15.3. The molecule has 8 atom stereocenters. The minimum Gasteiger partial charge on any atom is -0.294 e. The van der Waals surface area contributed by atoms with E-state index < -0.39 is 0 Å². The molecule has 0 aromatic carbocycles. The lowest BCUT2D eigenvalue weighted by Gasteiger charge is -2.68. The molecule has 64 heavy (non-hydrogen) atoms. The van der Waals surface area contributed by atoms with Crippen LogP contribution in [0, 0.1) is 71.0 Å². The van der Waals surface area contributed by atoms with Gasteiger partial charge in [0.05, 0.1) is 0 Å². The Kier molecular flexibility index (Phi) is 16.2. The van der Waals surface area contributed by atoms with Gasteiger partial charge in [0, 0.05) is 36.3 Å². The molecule has 2 nitrogen and oxygen atoms in total. The molecule has 0 aromatic heterocycles. The highest BCUT2D eigenvalue weighted by Crippen LogP contribution is 2.64. The minimum absolute atomic E-state index is 0.904. The van der Waals surface area contributed by atoms with E-state index in [2.05, 4.69) is 9.80 Å². The molecule has 11 saturated carbocycles. The zero-order valence-electron chi connectivity index (χ0n) is 42.4. The van der Waals surface area contributed by atoms with Gasteiger partial charge in [-0.15, -0.1) is 0 Å². The lowest BCUT2D eigenvalue weighted by atomic mass is 9.45. The van der Waals surface area contributed by atoms with Crippen LogP contribution in [0.25, 0.3) is 0 Å². The predicted molar refractivity (Wildman–Crippen MR) is 271 cm³/mol. The second kappa shape index (κ2) is 22.3. The summed E-state index contributed by atoms with van der Waals surface area (Å²) in [4.78, 5) is 7.29. The maximum Gasteiger partial charge on any atom is 0.0164 e. The zero-order valence-corrected chi connectivity index (χ0v) is 42.4. The van der Waals surface area contributed by atoms with E-state index in [1.54, 1.807) is 180 Å². The average molecular weight is 880 g/mol. The molecule has 0 bridgehead atoms. The van der Waals surface area contributed by atoms with Gasteiger partial charge in [-0.2, -0.15) is 0 Å². The lowest BCUT2D eigenvalue weighted by Crippen LogP contribution is -2.71. The Morgan fingerprint density at radius 2 is 0.344 bits per heavy atom. The van der Waals surface area contributed by atoms with Crippen LogP contribution in [0.1, 0.15) is 283 Å². The van der Waals surface area contributed by atoms with Crippen molar-refractivity contribution in [3.63, 3.8) is 0 Å². The third kappa shape index (κ3) is 9.96. The third-order valence-electron chi connectivity index (χ3n) is 23.8. The Morgan fingerprint density at radius 3 is 0.531 bits per heavy atom. The molecular weight excluding hydrogens is 773 g/mol. The van der Waals surface area contributed by atoms with Crippen LogP contribution >= 0.6 is 0 Å². The second-order valence-corrected chi connectivity index (χ2v) is 26.9. The monoisotopic (exact) mass is 879 g/mol. The molecule has 0 aromatic rings. The Morgan fingerprint density at radius 1 is 0.172 bits per heavy atom. The summed E-state index contributed by atoms with van der Waals surface area (Å²) in [6.07, 6.45) is 68.9. The SMILES string of the molecule is C1CCC(C2CC3C(CC2C2CCCCC2)C(N(C2CCCCC2)C2CCCCC2)C2CC(C4CCCCC4)C(C4CCCCC4)CC2C3N(C2CCCCC2)C2CCCCC2)CC1. The molecular formula is C62H106N2. The third-order valence-corrected chi connectivity index (χ3v) is 23.8. The van der Waals surface area contributed by atoms with Crippen molar-refractivity contribution in [2.75, 3.05) is 0 Å². The molecule has 0 heterocycles. The van der Waals surface area contributed by atoms with Crippen LogP contribution in [0.2, 0.25) is 0 Å². The fraction of sp³-hybridized carbons (Fsp3) is 1.00. The quantitative estimate of drug-likeness (QED) is 0.216. The summed E-state index contributed by atoms with van der Waals surface area (Å²) < 4.78 is 0. The van der Waals surface area contributed by atoms with Crippen molar-refractivity contribution in [3.05, 3.63) is 0 Å². The first-order valence-corrected chi connectivity index (χ1v) is 31.3. The fourth-order valence-electron chi connectivity index (χ4n) is 21.2. The van der Waals surface area contributed by atoms with E-state index in [1.807, 2.05) is 0 Å². The van der Waals surface area contributed by atoms with Crippen molar-refractivity contribution in [2.24, 2.45) is 71.0 Å². The van der Waals surface area contributed by atoms with Crippen LogP contribution in [0.5, 0.6) is 0 Å². The van der Waals surface area contributed by atoms with E-state index in [4.69, 9.17) is 0 Å². The highest BCUT2D eigenvalue weighted by Gasteiger charge is 2.62. The van der Waals surface area contributed by atoms with Crippen molar-refractivity contribution in [1.82, 2.24) is 9.80 Å². The largest absolute Gasteiger partial charge is 0.294 e. The first-order chi connectivity index (χ1) is 31.8. The van der Waals surface area contributed by atoms with Crippen molar-refractivity contribution in [1.29, 1.82) is 0 Å². The standard InChI is InChI=1S/C62H106N2/c1-9-25-45(26-10-1)53-41-57-58(42-54(53)46-27-11-2-12-28-46)62(64(51-37-21-7-22-38-51)52-39-23-8-24-40-52)60-44-56(48-31-15-4-16-32-48)55(47-29-13-3-14-30-47)43-59(60)61(57)63(49-33-17-5-18-34-49)50-35-19-6-20-36-50/h45-62H,1-44H2. The van der Waals surface area contributed by atoms with Crippen molar-refractivity contribution < 1.29 is 0 Å². The highest BCUT2D eigenvalue weighted by molar-refractivity contribution is 5.14. The number of hydrogen-bond acceptors (Lipinski definition) is 2. The summed E-state index contributed by atoms with van der Waals surface area (Å²) in [5.74, 6) is 12.4. The van der Waals surface area contributed by atoms with Crippen LogP contribution in [0.15, 0.2) is 0 Å². The smallest absolute Gasteiger partial charge is 0.0164 e. The normalized spacial score (nSPS) is 41.0. The Balaban J connectivity index is 1.08. The topological polar surface area (TPSA) is 6.48 Å². The molecule has 11 aliphatic rings. The number of rotatable bonds is 10. The van der Waals surface area contributed by atoms with Crippen LogP contribution in [0.4, 0.5) is 0 Å². The zero-order chi connectivity index (χ0) is 42.7. The van der Waals surface area contributed by atoms with Crippen LogP contribution in [-0.4, -0.2) is 46.1 Å². The van der Waals surface area contributed by atoms with E-state index in [-0.39, 0.29) is 0 Å². The fourth-order valence-corrected chi connectivity index (χ4v) is 21.2. The Bertz CT molecular complexity index is 1150. The number of hydrogen-bond donors (Lipinski definition) is 0. The van der Waals surface area contributed by atoms with Gasteiger partial charge in [-0.3, -0.25) is 9.80 Å². The second-order valence-electron chi connectivity index (χ2n) is 26.9. The van der Waals surface area contributed by atoms with Gasteiger partial charge in [0.25, 0.3) is 0 Å². The number of fused-ring (bicyclic) bond motifs is 2. The van der Waals surface area contributed by atoms with E-state index in [9.17, 15) is 0 Å². The van der Waals surface area contributed by atoms with E-state index in [1.165, 1.54) is 103 Å². The van der Waals surface area contributed by atoms with Gasteiger partial charge in [0.15, 0.2) is 0 Å². The maximum absolute atomic E-state index is 3.65. The summed E-state index contributed by atoms with van der Waals surface area (Å²) in [7, 11) is 0. The minimum atomic E-state index is 0.904. The average Bonchev–Trinajstić information content (AvgIpc) is 3.38. The lowest BCUT2D eigenvalue weighted by molar-refractivity contribution is -0.182.